The Hall–Kier alpha value is -1.46. The lowest BCUT2D eigenvalue weighted by Crippen LogP contribution is -2.36. The second kappa shape index (κ2) is 10.3. The van der Waals surface area contributed by atoms with E-state index in [4.69, 9.17) is 9.47 Å². The Morgan fingerprint density at radius 1 is 0.762 bits per heavy atom. The summed E-state index contributed by atoms with van der Waals surface area (Å²) < 4.78 is 10.7. The number of hydrogen-bond donors (Lipinski definition) is 0. The van der Waals surface area contributed by atoms with E-state index >= 15 is 0 Å². The van der Waals surface area contributed by atoms with Gasteiger partial charge in [-0.25, -0.2) is 9.59 Å². The molecule has 0 radical (unpaired) electrons. The average Bonchev–Trinajstić information content (AvgIpc) is 2.40. The largest absolute Gasteiger partial charge is 0.446 e. The lowest BCUT2D eigenvalue weighted by molar-refractivity contribution is 0.0275. The molecule has 124 valence electrons. The maximum absolute atomic E-state index is 11.8. The molecule has 0 saturated heterocycles. The van der Waals surface area contributed by atoms with Crippen LogP contribution in [0.3, 0.4) is 0 Å². The molecule has 2 unspecified atom stereocenters. The van der Waals surface area contributed by atoms with Crippen LogP contribution in [0.2, 0.25) is 0 Å². The van der Waals surface area contributed by atoms with Crippen molar-refractivity contribution in [3.63, 3.8) is 0 Å². The third kappa shape index (κ3) is 7.20. The minimum Gasteiger partial charge on any atom is -0.446 e. The van der Waals surface area contributed by atoms with Gasteiger partial charge in [-0.2, -0.15) is 0 Å². The normalized spacial score (nSPS) is 13.2. The molecule has 0 aromatic carbocycles. The lowest BCUT2D eigenvalue weighted by Gasteiger charge is -2.25. The Bertz CT molecular complexity index is 285. The van der Waals surface area contributed by atoms with Gasteiger partial charge >= 0.3 is 12.2 Å². The fraction of sp³-hybridized carbons (Fsp3) is 0.867. The van der Waals surface area contributed by atoms with Crippen molar-refractivity contribution in [2.75, 3.05) is 26.2 Å². The zero-order valence-corrected chi connectivity index (χ0v) is 14.2. The number of nitrogens with zero attached hydrogens (tertiary/aromatic N) is 2. The fourth-order valence-corrected chi connectivity index (χ4v) is 2.02. The first-order chi connectivity index (χ1) is 9.89. The molecule has 0 bridgehead atoms. The van der Waals surface area contributed by atoms with E-state index in [1.54, 1.807) is 9.80 Å². The van der Waals surface area contributed by atoms with Gasteiger partial charge < -0.3 is 19.3 Å². The van der Waals surface area contributed by atoms with Gasteiger partial charge in [-0.05, 0) is 41.5 Å². The Morgan fingerprint density at radius 3 is 1.29 bits per heavy atom. The molecule has 0 fully saturated rings. The molecule has 0 heterocycles. The van der Waals surface area contributed by atoms with Gasteiger partial charge in [0.15, 0.2) is 0 Å². The van der Waals surface area contributed by atoms with Crippen LogP contribution in [0.4, 0.5) is 9.59 Å². The van der Waals surface area contributed by atoms with Crippen LogP contribution in [0.1, 0.15) is 48.0 Å². The van der Waals surface area contributed by atoms with Crippen LogP contribution in [-0.2, 0) is 9.47 Å². The summed E-state index contributed by atoms with van der Waals surface area (Å²) in [6, 6.07) is 0. The van der Waals surface area contributed by atoms with Gasteiger partial charge in [-0.15, -0.1) is 0 Å². The summed E-state index contributed by atoms with van der Waals surface area (Å²) in [6.07, 6.45) is -0.750. The predicted molar refractivity (Wildman–Crippen MR) is 82.3 cm³/mol. The number of hydrogen-bond acceptors (Lipinski definition) is 4. The van der Waals surface area contributed by atoms with Crippen LogP contribution in [-0.4, -0.2) is 60.4 Å². The SMILES string of the molecule is CCN(CC)C(=O)OC(C)CC(C)OC(=O)N(CC)CC. The molecule has 2 amide bonds. The maximum atomic E-state index is 11.8. The first kappa shape index (κ1) is 19.5. The highest BCUT2D eigenvalue weighted by Crippen LogP contribution is 2.09. The summed E-state index contributed by atoms with van der Waals surface area (Å²) in [5.41, 5.74) is 0. The van der Waals surface area contributed by atoms with Crippen LogP contribution >= 0.6 is 0 Å². The summed E-state index contributed by atoms with van der Waals surface area (Å²) in [6.45, 7) is 13.7. The Labute approximate surface area is 128 Å². The van der Waals surface area contributed by atoms with E-state index in [9.17, 15) is 9.59 Å². The number of rotatable bonds is 8. The predicted octanol–water partition coefficient (Wildman–Crippen LogP) is 3.11. The first-order valence-electron chi connectivity index (χ1n) is 7.80. The molecule has 0 aromatic rings. The van der Waals surface area contributed by atoms with Gasteiger partial charge in [0.1, 0.15) is 12.2 Å². The Balaban J connectivity index is 4.23. The van der Waals surface area contributed by atoms with E-state index in [1.807, 2.05) is 41.5 Å². The minimum atomic E-state index is -0.324. The van der Waals surface area contributed by atoms with Crippen molar-refractivity contribution < 1.29 is 19.1 Å². The molecule has 2 atom stereocenters. The molecule has 0 saturated carbocycles. The summed E-state index contributed by atoms with van der Waals surface area (Å²) in [7, 11) is 0. The van der Waals surface area contributed by atoms with Crippen LogP contribution in [0.15, 0.2) is 0 Å². The van der Waals surface area contributed by atoms with E-state index in [-0.39, 0.29) is 24.4 Å². The first-order valence-corrected chi connectivity index (χ1v) is 7.80. The summed E-state index contributed by atoms with van der Waals surface area (Å²) in [5, 5.41) is 0. The summed E-state index contributed by atoms with van der Waals surface area (Å²) in [5.74, 6) is 0. The highest BCUT2D eigenvalue weighted by atomic mass is 16.6. The van der Waals surface area contributed by atoms with Crippen molar-refractivity contribution >= 4 is 12.2 Å². The standard InChI is InChI=1S/C15H30N2O4/c1-7-16(8-2)14(18)20-12(5)11-13(6)21-15(19)17(9-3)10-4/h12-13H,7-11H2,1-6H3. The Kier molecular flexibility index (Phi) is 9.58. The molecular weight excluding hydrogens is 272 g/mol. The van der Waals surface area contributed by atoms with Crippen LogP contribution in [0, 0.1) is 0 Å². The molecule has 0 aliphatic rings. The fourth-order valence-electron chi connectivity index (χ4n) is 2.02. The van der Waals surface area contributed by atoms with E-state index in [0.29, 0.717) is 32.6 Å². The van der Waals surface area contributed by atoms with Gasteiger partial charge in [0, 0.05) is 32.6 Å². The number of amides is 2. The van der Waals surface area contributed by atoms with Gasteiger partial charge in [-0.1, -0.05) is 0 Å². The van der Waals surface area contributed by atoms with Crippen molar-refractivity contribution in [2.24, 2.45) is 0 Å². The average molecular weight is 302 g/mol. The minimum absolute atomic E-state index is 0.294. The lowest BCUT2D eigenvalue weighted by atomic mass is 10.2. The number of carbonyl (C=O) groups is 2. The van der Waals surface area contributed by atoms with E-state index in [1.165, 1.54) is 0 Å². The third-order valence-corrected chi connectivity index (χ3v) is 3.31. The zero-order valence-electron chi connectivity index (χ0n) is 14.2. The molecule has 0 aliphatic heterocycles. The Morgan fingerprint density at radius 2 is 1.05 bits per heavy atom. The molecule has 0 aliphatic carbocycles. The van der Waals surface area contributed by atoms with Gasteiger partial charge in [0.2, 0.25) is 0 Å². The van der Waals surface area contributed by atoms with Crippen molar-refractivity contribution in [1.29, 1.82) is 0 Å². The number of carbonyl (C=O) groups excluding carboxylic acids is 2. The smallest absolute Gasteiger partial charge is 0.410 e. The quantitative estimate of drug-likeness (QED) is 0.691. The van der Waals surface area contributed by atoms with Gasteiger partial charge in [0.05, 0.1) is 0 Å². The van der Waals surface area contributed by atoms with Crippen LogP contribution in [0.25, 0.3) is 0 Å². The third-order valence-electron chi connectivity index (χ3n) is 3.31. The molecule has 0 spiro atoms. The maximum Gasteiger partial charge on any atom is 0.410 e. The van der Waals surface area contributed by atoms with E-state index < -0.39 is 0 Å². The van der Waals surface area contributed by atoms with Crippen LogP contribution < -0.4 is 0 Å². The van der Waals surface area contributed by atoms with Gasteiger partial charge in [0.25, 0.3) is 0 Å². The van der Waals surface area contributed by atoms with E-state index in [0.717, 1.165) is 0 Å². The van der Waals surface area contributed by atoms with Crippen molar-refractivity contribution in [3.8, 4) is 0 Å². The highest BCUT2D eigenvalue weighted by molar-refractivity contribution is 5.68. The summed E-state index contributed by atoms with van der Waals surface area (Å²) >= 11 is 0. The van der Waals surface area contributed by atoms with Gasteiger partial charge in [-0.3, -0.25) is 0 Å². The summed E-state index contributed by atoms with van der Waals surface area (Å²) in [4.78, 5) is 26.8. The number of ether oxygens (including phenoxy) is 2. The molecule has 6 heteroatoms. The molecule has 0 rings (SSSR count). The van der Waals surface area contributed by atoms with Crippen molar-refractivity contribution in [2.45, 2.75) is 60.2 Å². The molecule has 21 heavy (non-hydrogen) atoms. The van der Waals surface area contributed by atoms with Crippen LogP contribution in [0.5, 0.6) is 0 Å². The topological polar surface area (TPSA) is 59.1 Å². The second-order valence-corrected chi connectivity index (χ2v) is 4.97. The molecule has 0 aromatic heterocycles. The highest BCUT2D eigenvalue weighted by Gasteiger charge is 2.20. The molecule has 0 N–H and O–H groups in total. The van der Waals surface area contributed by atoms with Crippen molar-refractivity contribution in [1.82, 2.24) is 9.80 Å². The molecular formula is C15H30N2O4. The zero-order chi connectivity index (χ0) is 16.4. The van der Waals surface area contributed by atoms with Crippen molar-refractivity contribution in [3.05, 3.63) is 0 Å². The second-order valence-electron chi connectivity index (χ2n) is 4.97. The monoisotopic (exact) mass is 302 g/mol. The van der Waals surface area contributed by atoms with E-state index in [2.05, 4.69) is 0 Å². The molecule has 6 nitrogen and oxygen atoms in total.